The first-order valence-corrected chi connectivity index (χ1v) is 32.7. The van der Waals surface area contributed by atoms with Gasteiger partial charge in [-0.05, 0) is 128 Å². The molecule has 0 aromatic heterocycles. The van der Waals surface area contributed by atoms with E-state index in [0.29, 0.717) is 19.3 Å². The predicted octanol–water partition coefficient (Wildman–Crippen LogP) is 22.5. The Balaban J connectivity index is 4.15. The lowest BCUT2D eigenvalue weighted by molar-refractivity contribution is -0.167. The summed E-state index contributed by atoms with van der Waals surface area (Å²) in [4.78, 5) is 38.2. The van der Waals surface area contributed by atoms with Crippen molar-refractivity contribution in [2.24, 2.45) is 0 Å². The van der Waals surface area contributed by atoms with Gasteiger partial charge in [0.25, 0.3) is 0 Å². The molecule has 0 aliphatic rings. The predicted molar refractivity (Wildman–Crippen MR) is 343 cm³/mol. The lowest BCUT2D eigenvalue weighted by Crippen LogP contribution is -2.30. The Morgan fingerprint density at radius 1 is 0.266 bits per heavy atom. The zero-order chi connectivity index (χ0) is 57.1. The summed E-state index contributed by atoms with van der Waals surface area (Å²) < 4.78 is 16.8. The molecule has 0 bridgehead atoms. The number of carbonyl (C=O) groups excluding carboxylic acids is 3. The molecule has 0 heterocycles. The zero-order valence-electron chi connectivity index (χ0n) is 51.3. The van der Waals surface area contributed by atoms with E-state index in [1.165, 1.54) is 116 Å². The van der Waals surface area contributed by atoms with E-state index < -0.39 is 6.10 Å². The van der Waals surface area contributed by atoms with Crippen molar-refractivity contribution in [1.29, 1.82) is 0 Å². The molecule has 0 aliphatic heterocycles. The van der Waals surface area contributed by atoms with Crippen LogP contribution < -0.4 is 0 Å². The summed E-state index contributed by atoms with van der Waals surface area (Å²) in [7, 11) is 0. The second kappa shape index (κ2) is 66.1. The van der Waals surface area contributed by atoms with Crippen molar-refractivity contribution in [3.8, 4) is 0 Å². The van der Waals surface area contributed by atoms with Crippen molar-refractivity contribution in [1.82, 2.24) is 0 Å². The van der Waals surface area contributed by atoms with Crippen LogP contribution in [0.1, 0.15) is 290 Å². The average Bonchev–Trinajstić information content (AvgIpc) is 3.45. The maximum Gasteiger partial charge on any atom is 0.306 e. The lowest BCUT2D eigenvalue weighted by atomic mass is 10.0. The number of allylic oxidation sites excluding steroid dienone is 22. The molecule has 6 heteroatoms. The highest BCUT2D eigenvalue weighted by Crippen LogP contribution is 2.16. The molecule has 0 fully saturated rings. The van der Waals surface area contributed by atoms with Crippen molar-refractivity contribution < 1.29 is 28.6 Å². The smallest absolute Gasteiger partial charge is 0.306 e. The maximum absolute atomic E-state index is 12.8. The van der Waals surface area contributed by atoms with Gasteiger partial charge in [0.15, 0.2) is 6.10 Å². The van der Waals surface area contributed by atoms with Crippen LogP contribution in [0.25, 0.3) is 0 Å². The monoisotopic (exact) mass is 1090 g/mol. The van der Waals surface area contributed by atoms with E-state index in [0.717, 1.165) is 128 Å². The number of unbranched alkanes of at least 4 members (excludes halogenated alkanes) is 25. The SMILES string of the molecule is CC/C=C\C/C=C\C/C=C\C/C=C\C/C=C\C/C=C\CCCCCCCCCCCCCCCCCCC(=O)OCC(COC(=O)CCCCCCC/C=C\CCCC)OC(=O)CCCC/C=C\C/C=C\C/C=C\C/C=C\CC. The molecule has 0 aliphatic carbocycles. The van der Waals surface area contributed by atoms with Gasteiger partial charge in [-0.25, -0.2) is 0 Å². The third-order valence-electron chi connectivity index (χ3n) is 13.6. The first-order valence-electron chi connectivity index (χ1n) is 32.7. The molecule has 0 spiro atoms. The number of hydrogen-bond donors (Lipinski definition) is 0. The minimum Gasteiger partial charge on any atom is -0.462 e. The van der Waals surface area contributed by atoms with Gasteiger partial charge in [-0.3, -0.25) is 14.4 Å². The van der Waals surface area contributed by atoms with E-state index in [2.05, 4.69) is 154 Å². The summed E-state index contributed by atoms with van der Waals surface area (Å²) >= 11 is 0. The summed E-state index contributed by atoms with van der Waals surface area (Å²) in [5.41, 5.74) is 0. The normalized spacial score (nSPS) is 13.0. The van der Waals surface area contributed by atoms with Gasteiger partial charge in [0.1, 0.15) is 13.2 Å². The highest BCUT2D eigenvalue weighted by molar-refractivity contribution is 5.71. The van der Waals surface area contributed by atoms with Gasteiger partial charge in [-0.2, -0.15) is 0 Å². The molecule has 1 atom stereocenters. The minimum atomic E-state index is -0.805. The molecule has 0 saturated heterocycles. The molecule has 448 valence electrons. The van der Waals surface area contributed by atoms with Crippen molar-refractivity contribution in [3.63, 3.8) is 0 Å². The van der Waals surface area contributed by atoms with Crippen LogP contribution in [0.15, 0.2) is 134 Å². The lowest BCUT2D eigenvalue weighted by Gasteiger charge is -2.18. The van der Waals surface area contributed by atoms with Gasteiger partial charge in [0, 0.05) is 19.3 Å². The zero-order valence-corrected chi connectivity index (χ0v) is 51.3. The van der Waals surface area contributed by atoms with Crippen LogP contribution in [0.2, 0.25) is 0 Å². The number of hydrogen-bond acceptors (Lipinski definition) is 6. The Morgan fingerprint density at radius 3 is 0.810 bits per heavy atom. The van der Waals surface area contributed by atoms with Crippen LogP contribution in [0, 0.1) is 0 Å². The summed E-state index contributed by atoms with van der Waals surface area (Å²) in [6.07, 6.45) is 93.4. The van der Waals surface area contributed by atoms with Crippen molar-refractivity contribution in [2.75, 3.05) is 13.2 Å². The van der Waals surface area contributed by atoms with E-state index in [1.807, 2.05) is 0 Å². The van der Waals surface area contributed by atoms with Gasteiger partial charge >= 0.3 is 17.9 Å². The summed E-state index contributed by atoms with van der Waals surface area (Å²) in [6.45, 7) is 6.34. The number of esters is 3. The average molecular weight is 1090 g/mol. The van der Waals surface area contributed by atoms with Crippen molar-refractivity contribution in [2.45, 2.75) is 297 Å². The van der Waals surface area contributed by atoms with Crippen LogP contribution in [-0.4, -0.2) is 37.2 Å². The summed E-state index contributed by atoms with van der Waals surface area (Å²) in [5, 5.41) is 0. The minimum absolute atomic E-state index is 0.0982. The molecule has 0 N–H and O–H groups in total. The topological polar surface area (TPSA) is 78.9 Å². The molecule has 0 aromatic rings. The molecule has 0 radical (unpaired) electrons. The quantitative estimate of drug-likeness (QED) is 0.0261. The number of carbonyl (C=O) groups is 3. The van der Waals surface area contributed by atoms with Crippen molar-refractivity contribution in [3.05, 3.63) is 134 Å². The van der Waals surface area contributed by atoms with Crippen LogP contribution in [0.5, 0.6) is 0 Å². The molecule has 0 saturated carbocycles. The maximum atomic E-state index is 12.8. The Hall–Kier alpha value is -4.45. The first-order chi connectivity index (χ1) is 39.0. The van der Waals surface area contributed by atoms with Gasteiger partial charge in [-0.15, -0.1) is 0 Å². The third kappa shape index (κ3) is 64.3. The fourth-order valence-electron chi connectivity index (χ4n) is 8.77. The summed E-state index contributed by atoms with van der Waals surface area (Å²) in [6, 6.07) is 0. The van der Waals surface area contributed by atoms with Gasteiger partial charge in [-0.1, -0.05) is 276 Å². The van der Waals surface area contributed by atoms with Gasteiger partial charge < -0.3 is 14.2 Å². The highest BCUT2D eigenvalue weighted by Gasteiger charge is 2.19. The third-order valence-corrected chi connectivity index (χ3v) is 13.6. The molecule has 1 unspecified atom stereocenters. The van der Waals surface area contributed by atoms with E-state index in [-0.39, 0.29) is 37.5 Å². The molecule has 79 heavy (non-hydrogen) atoms. The van der Waals surface area contributed by atoms with E-state index in [4.69, 9.17) is 14.2 Å². The van der Waals surface area contributed by atoms with E-state index in [1.54, 1.807) is 0 Å². The molecule has 0 aromatic carbocycles. The van der Waals surface area contributed by atoms with E-state index >= 15 is 0 Å². The highest BCUT2D eigenvalue weighted by atomic mass is 16.6. The van der Waals surface area contributed by atoms with Crippen LogP contribution >= 0.6 is 0 Å². The van der Waals surface area contributed by atoms with Crippen LogP contribution in [0.4, 0.5) is 0 Å². The standard InChI is InChI=1S/C73H120O6/c1-4-7-10-13-16-19-22-24-26-27-28-29-30-31-32-33-34-35-36-37-38-39-40-41-42-43-44-45-47-48-51-54-57-60-63-66-72(75)78-69-70(68-77-71(74)65-62-59-56-53-50-21-18-15-12-9-6-3)79-73(76)67-64-61-58-55-52-49-46-25-23-20-17-14-11-8-5-2/h7-8,10-11,15-20,24-26,28-29,31-32,34-35,46,52,55,70H,4-6,9,12-14,21-23,27,30,33,36-45,47-51,53-54,56-69H2,1-3H3/b10-7-,11-8-,18-15-,19-16-,20-17-,26-24-,29-28-,32-31-,35-34-,46-25-,55-52-. The molecule has 6 nitrogen and oxygen atoms in total. The number of rotatable bonds is 58. The second-order valence-corrected chi connectivity index (χ2v) is 21.3. The molecule has 0 amide bonds. The van der Waals surface area contributed by atoms with E-state index in [9.17, 15) is 14.4 Å². The Morgan fingerprint density at radius 2 is 0.494 bits per heavy atom. The fraction of sp³-hybridized carbons (Fsp3) is 0.658. The second-order valence-electron chi connectivity index (χ2n) is 21.3. The molecule has 0 rings (SSSR count). The molecular weight excluding hydrogens is 973 g/mol. The Bertz CT molecular complexity index is 1680. The summed E-state index contributed by atoms with van der Waals surface area (Å²) in [5.74, 6) is -0.948. The van der Waals surface area contributed by atoms with Crippen molar-refractivity contribution >= 4 is 17.9 Å². The van der Waals surface area contributed by atoms with Gasteiger partial charge in [0.05, 0.1) is 0 Å². The van der Waals surface area contributed by atoms with Crippen LogP contribution in [-0.2, 0) is 28.6 Å². The fourth-order valence-corrected chi connectivity index (χ4v) is 8.77. The Kier molecular flexibility index (Phi) is 62.3. The first kappa shape index (κ1) is 74.5. The van der Waals surface area contributed by atoms with Crippen LogP contribution in [0.3, 0.4) is 0 Å². The molecular formula is C73H120O6. The largest absolute Gasteiger partial charge is 0.462 e. The van der Waals surface area contributed by atoms with Gasteiger partial charge in [0.2, 0.25) is 0 Å². The number of ether oxygens (including phenoxy) is 3. The Labute approximate surface area is 487 Å².